The molecule has 1 amide bonds. The Kier molecular flexibility index (Phi) is 3.05. The summed E-state index contributed by atoms with van der Waals surface area (Å²) < 4.78 is 0. The molecular formula is C11H13N7O. The smallest absolute Gasteiger partial charge is 0.291 e. The second-order valence-electron chi connectivity index (χ2n) is 4.16. The van der Waals surface area contributed by atoms with Crippen LogP contribution in [0.15, 0.2) is 24.8 Å². The van der Waals surface area contributed by atoms with Gasteiger partial charge < -0.3 is 9.80 Å². The van der Waals surface area contributed by atoms with Crippen LogP contribution in [-0.4, -0.2) is 62.1 Å². The molecule has 0 aliphatic carbocycles. The van der Waals surface area contributed by atoms with Gasteiger partial charge in [-0.2, -0.15) is 5.10 Å². The zero-order valence-corrected chi connectivity index (χ0v) is 10.2. The molecule has 0 spiro atoms. The molecule has 98 valence electrons. The number of hydrogen-bond acceptors (Lipinski definition) is 6. The fourth-order valence-corrected chi connectivity index (χ4v) is 2.02. The van der Waals surface area contributed by atoms with E-state index in [2.05, 4.69) is 30.0 Å². The quantitative estimate of drug-likeness (QED) is 0.786. The maximum atomic E-state index is 12.0. The van der Waals surface area contributed by atoms with Gasteiger partial charge in [0.15, 0.2) is 0 Å². The second-order valence-corrected chi connectivity index (χ2v) is 4.16. The van der Waals surface area contributed by atoms with Crippen LogP contribution in [0, 0.1) is 0 Å². The predicted octanol–water partition coefficient (Wildman–Crippen LogP) is -0.443. The first-order chi connectivity index (χ1) is 9.34. The first kappa shape index (κ1) is 11.6. The third-order valence-electron chi connectivity index (χ3n) is 3.02. The standard InChI is InChI=1S/C11H13N7O/c19-10(9-14-8-15-16-9)17-4-6-18(7-5-17)11-12-2-1-3-13-11/h1-3,8H,4-7H2,(H,14,15,16). The first-order valence-electron chi connectivity index (χ1n) is 6.01. The maximum Gasteiger partial charge on any atom is 0.291 e. The van der Waals surface area contributed by atoms with Gasteiger partial charge in [0.1, 0.15) is 6.33 Å². The van der Waals surface area contributed by atoms with Gasteiger partial charge in [-0.25, -0.2) is 15.0 Å². The number of anilines is 1. The molecule has 19 heavy (non-hydrogen) atoms. The summed E-state index contributed by atoms with van der Waals surface area (Å²) in [5.74, 6) is 0.866. The minimum atomic E-state index is -0.119. The molecule has 3 heterocycles. The molecule has 1 aliphatic rings. The van der Waals surface area contributed by atoms with Crippen molar-refractivity contribution in [2.75, 3.05) is 31.1 Å². The number of nitrogens with zero attached hydrogens (tertiary/aromatic N) is 6. The molecule has 3 rings (SSSR count). The summed E-state index contributed by atoms with van der Waals surface area (Å²) in [4.78, 5) is 28.1. The summed E-state index contributed by atoms with van der Waals surface area (Å²) in [5, 5.41) is 6.27. The summed E-state index contributed by atoms with van der Waals surface area (Å²) in [6.45, 7) is 2.67. The molecule has 0 atom stereocenters. The van der Waals surface area contributed by atoms with Crippen molar-refractivity contribution >= 4 is 11.9 Å². The minimum Gasteiger partial charge on any atom is -0.337 e. The lowest BCUT2D eigenvalue weighted by Crippen LogP contribution is -2.49. The topological polar surface area (TPSA) is 90.9 Å². The number of H-pyrrole nitrogens is 1. The van der Waals surface area contributed by atoms with Gasteiger partial charge in [0.25, 0.3) is 5.91 Å². The van der Waals surface area contributed by atoms with Gasteiger partial charge in [0.05, 0.1) is 0 Å². The fraction of sp³-hybridized carbons (Fsp3) is 0.364. The average molecular weight is 259 g/mol. The monoisotopic (exact) mass is 259 g/mol. The number of aromatic nitrogens is 5. The van der Waals surface area contributed by atoms with Gasteiger partial charge in [-0.1, -0.05) is 0 Å². The van der Waals surface area contributed by atoms with Crippen LogP contribution in [-0.2, 0) is 0 Å². The number of nitrogens with one attached hydrogen (secondary N) is 1. The van der Waals surface area contributed by atoms with Crippen LogP contribution in [0.2, 0.25) is 0 Å². The molecule has 0 aromatic carbocycles. The Hall–Kier alpha value is -2.51. The molecule has 2 aromatic heterocycles. The molecule has 0 radical (unpaired) electrons. The number of carbonyl (C=O) groups excluding carboxylic acids is 1. The van der Waals surface area contributed by atoms with E-state index < -0.39 is 0 Å². The second kappa shape index (κ2) is 5.01. The average Bonchev–Trinajstić information content (AvgIpc) is 3.02. The highest BCUT2D eigenvalue weighted by atomic mass is 16.2. The zero-order valence-electron chi connectivity index (χ0n) is 10.2. The van der Waals surface area contributed by atoms with E-state index in [9.17, 15) is 4.79 Å². The third-order valence-corrected chi connectivity index (χ3v) is 3.02. The van der Waals surface area contributed by atoms with Gasteiger partial charge >= 0.3 is 0 Å². The van der Waals surface area contributed by atoms with E-state index in [4.69, 9.17) is 0 Å². The summed E-state index contributed by atoms with van der Waals surface area (Å²) in [6.07, 6.45) is 4.77. The molecule has 8 heteroatoms. The minimum absolute atomic E-state index is 0.119. The van der Waals surface area contributed by atoms with Gasteiger partial charge in [-0.15, -0.1) is 0 Å². The zero-order chi connectivity index (χ0) is 13.1. The van der Waals surface area contributed by atoms with Crippen molar-refractivity contribution in [3.05, 3.63) is 30.6 Å². The molecule has 1 aliphatic heterocycles. The number of rotatable bonds is 2. The summed E-state index contributed by atoms with van der Waals surface area (Å²) in [7, 11) is 0. The lowest BCUT2D eigenvalue weighted by atomic mass is 10.3. The Morgan fingerprint density at radius 3 is 2.47 bits per heavy atom. The van der Waals surface area contributed by atoms with E-state index in [1.54, 1.807) is 23.4 Å². The van der Waals surface area contributed by atoms with Crippen LogP contribution in [0.4, 0.5) is 5.95 Å². The predicted molar refractivity (Wildman–Crippen MR) is 66.5 cm³/mol. The van der Waals surface area contributed by atoms with Crippen molar-refractivity contribution in [3.63, 3.8) is 0 Å². The molecule has 1 fully saturated rings. The molecule has 0 unspecified atom stereocenters. The van der Waals surface area contributed by atoms with Gasteiger partial charge in [-0.3, -0.25) is 9.89 Å². The number of hydrogen-bond donors (Lipinski definition) is 1. The van der Waals surface area contributed by atoms with E-state index in [0.29, 0.717) is 32.1 Å². The Morgan fingerprint density at radius 2 is 1.84 bits per heavy atom. The molecule has 8 nitrogen and oxygen atoms in total. The van der Waals surface area contributed by atoms with Crippen molar-refractivity contribution < 1.29 is 4.79 Å². The van der Waals surface area contributed by atoms with Crippen molar-refractivity contribution in [2.45, 2.75) is 0 Å². The SMILES string of the molecule is O=C(c1ncn[nH]1)N1CCN(c2ncccn2)CC1. The Morgan fingerprint density at radius 1 is 1.11 bits per heavy atom. The first-order valence-corrected chi connectivity index (χ1v) is 6.01. The highest BCUT2D eigenvalue weighted by molar-refractivity contribution is 5.90. The van der Waals surface area contributed by atoms with Crippen molar-refractivity contribution in [3.8, 4) is 0 Å². The van der Waals surface area contributed by atoms with Gasteiger partial charge in [-0.05, 0) is 6.07 Å². The van der Waals surface area contributed by atoms with Crippen LogP contribution in [0.3, 0.4) is 0 Å². The summed E-state index contributed by atoms with van der Waals surface area (Å²) in [6, 6.07) is 1.78. The lowest BCUT2D eigenvalue weighted by Gasteiger charge is -2.34. The summed E-state index contributed by atoms with van der Waals surface area (Å²) in [5.41, 5.74) is 0. The Balaban J connectivity index is 1.62. The van der Waals surface area contributed by atoms with Gasteiger partial charge in [0.2, 0.25) is 11.8 Å². The Bertz CT molecular complexity index is 533. The highest BCUT2D eigenvalue weighted by Gasteiger charge is 2.24. The molecular weight excluding hydrogens is 246 g/mol. The number of amides is 1. The number of carbonyl (C=O) groups is 1. The van der Waals surface area contributed by atoms with Gasteiger partial charge in [0, 0.05) is 38.6 Å². The summed E-state index contributed by atoms with van der Waals surface area (Å²) >= 11 is 0. The lowest BCUT2D eigenvalue weighted by molar-refractivity contribution is 0.0734. The van der Waals surface area contributed by atoms with Crippen LogP contribution in [0.5, 0.6) is 0 Å². The van der Waals surface area contributed by atoms with Crippen LogP contribution in [0.1, 0.15) is 10.6 Å². The third kappa shape index (κ3) is 2.37. The van der Waals surface area contributed by atoms with E-state index in [1.807, 2.05) is 0 Å². The van der Waals surface area contributed by atoms with E-state index in [1.165, 1.54) is 6.33 Å². The van der Waals surface area contributed by atoms with Crippen molar-refractivity contribution in [1.82, 2.24) is 30.0 Å². The molecule has 1 saturated heterocycles. The maximum absolute atomic E-state index is 12.0. The highest BCUT2D eigenvalue weighted by Crippen LogP contribution is 2.10. The fourth-order valence-electron chi connectivity index (χ4n) is 2.02. The number of piperazine rings is 1. The van der Waals surface area contributed by atoms with Crippen molar-refractivity contribution in [1.29, 1.82) is 0 Å². The Labute approximate surface area is 109 Å². The van der Waals surface area contributed by atoms with Crippen molar-refractivity contribution in [2.24, 2.45) is 0 Å². The van der Waals surface area contributed by atoms with E-state index >= 15 is 0 Å². The largest absolute Gasteiger partial charge is 0.337 e. The van der Waals surface area contributed by atoms with E-state index in [0.717, 1.165) is 0 Å². The normalized spacial score (nSPS) is 15.6. The molecule has 0 saturated carbocycles. The van der Waals surface area contributed by atoms with Crippen LogP contribution in [0.25, 0.3) is 0 Å². The molecule has 1 N–H and O–H groups in total. The van der Waals surface area contributed by atoms with Crippen LogP contribution < -0.4 is 4.90 Å². The van der Waals surface area contributed by atoms with Crippen LogP contribution >= 0.6 is 0 Å². The molecule has 0 bridgehead atoms. The molecule has 2 aromatic rings. The number of aromatic amines is 1. The van der Waals surface area contributed by atoms with E-state index in [-0.39, 0.29) is 11.7 Å².